The minimum absolute atomic E-state index is 0.0618. The number of hydrogen-bond acceptors (Lipinski definition) is 3. The van der Waals surface area contributed by atoms with Gasteiger partial charge >= 0.3 is 0 Å². The van der Waals surface area contributed by atoms with E-state index in [1.807, 2.05) is 60.3 Å². The number of nitrogens with zero attached hydrogens (tertiary/aromatic N) is 3. The lowest BCUT2D eigenvalue weighted by Gasteiger charge is -2.17. The minimum Gasteiger partial charge on any atom is -0.378 e. The fourth-order valence-corrected chi connectivity index (χ4v) is 2.44. The number of rotatable bonds is 2. The smallest absolute Gasteiger partial charge is 0.254 e. The lowest BCUT2D eigenvalue weighted by Crippen LogP contribution is -2.25. The highest BCUT2D eigenvalue weighted by molar-refractivity contribution is 5.95. The van der Waals surface area contributed by atoms with E-state index in [1.54, 1.807) is 6.20 Å². The fourth-order valence-electron chi connectivity index (χ4n) is 2.44. The second-order valence-electron chi connectivity index (χ2n) is 5.22. The number of anilines is 1. The van der Waals surface area contributed by atoms with Gasteiger partial charge in [-0.25, -0.2) is 0 Å². The molecule has 4 nitrogen and oxygen atoms in total. The summed E-state index contributed by atoms with van der Waals surface area (Å²) in [5.41, 5.74) is 3.91. The van der Waals surface area contributed by atoms with Crippen LogP contribution in [0.2, 0.25) is 0 Å². The summed E-state index contributed by atoms with van der Waals surface area (Å²) < 4.78 is 0. The summed E-state index contributed by atoms with van der Waals surface area (Å²) in [6.45, 7) is 1.25. The highest BCUT2D eigenvalue weighted by Crippen LogP contribution is 2.23. The SMILES string of the molecule is CN(C)c1cccc(C(=O)N2Cc3cccnc3C2)c1. The van der Waals surface area contributed by atoms with Crippen LogP contribution in [-0.4, -0.2) is 29.9 Å². The molecule has 1 amide bonds. The second kappa shape index (κ2) is 4.96. The molecule has 0 radical (unpaired) electrons. The number of carbonyl (C=O) groups is 1. The van der Waals surface area contributed by atoms with Crippen LogP contribution in [0, 0.1) is 0 Å². The first-order chi connectivity index (χ1) is 9.65. The Hall–Kier alpha value is -2.36. The molecular weight excluding hydrogens is 250 g/mol. The van der Waals surface area contributed by atoms with Gasteiger partial charge in [0.05, 0.1) is 12.2 Å². The summed E-state index contributed by atoms with van der Waals surface area (Å²) in [4.78, 5) is 20.7. The molecule has 0 atom stereocenters. The number of amides is 1. The van der Waals surface area contributed by atoms with E-state index in [1.165, 1.54) is 0 Å². The van der Waals surface area contributed by atoms with Crippen molar-refractivity contribution in [1.29, 1.82) is 0 Å². The third kappa shape index (κ3) is 2.25. The average molecular weight is 267 g/mol. The topological polar surface area (TPSA) is 36.4 Å². The summed E-state index contributed by atoms with van der Waals surface area (Å²) >= 11 is 0. The van der Waals surface area contributed by atoms with Crippen LogP contribution in [0.4, 0.5) is 5.69 Å². The largest absolute Gasteiger partial charge is 0.378 e. The van der Waals surface area contributed by atoms with Gasteiger partial charge in [-0.1, -0.05) is 12.1 Å². The minimum atomic E-state index is 0.0618. The van der Waals surface area contributed by atoms with Gasteiger partial charge in [-0.3, -0.25) is 9.78 Å². The number of fused-ring (bicyclic) bond motifs is 1. The molecule has 20 heavy (non-hydrogen) atoms. The zero-order chi connectivity index (χ0) is 14.1. The first-order valence-electron chi connectivity index (χ1n) is 6.64. The van der Waals surface area contributed by atoms with E-state index in [-0.39, 0.29) is 5.91 Å². The molecule has 0 aliphatic carbocycles. The van der Waals surface area contributed by atoms with Crippen LogP contribution in [0.25, 0.3) is 0 Å². The quantitative estimate of drug-likeness (QED) is 0.837. The Morgan fingerprint density at radius 1 is 1.20 bits per heavy atom. The molecule has 0 bridgehead atoms. The summed E-state index contributed by atoms with van der Waals surface area (Å²) in [6.07, 6.45) is 1.78. The molecule has 0 fully saturated rings. The molecule has 2 heterocycles. The van der Waals surface area contributed by atoms with Crippen molar-refractivity contribution in [2.75, 3.05) is 19.0 Å². The molecule has 102 valence electrons. The Balaban J connectivity index is 1.83. The van der Waals surface area contributed by atoms with Crippen molar-refractivity contribution >= 4 is 11.6 Å². The lowest BCUT2D eigenvalue weighted by molar-refractivity contribution is 0.0750. The Morgan fingerprint density at radius 2 is 2.05 bits per heavy atom. The Labute approximate surface area is 118 Å². The number of aromatic nitrogens is 1. The molecule has 0 saturated carbocycles. The van der Waals surface area contributed by atoms with E-state index in [4.69, 9.17) is 0 Å². The van der Waals surface area contributed by atoms with Crippen molar-refractivity contribution in [3.8, 4) is 0 Å². The molecule has 0 unspecified atom stereocenters. The zero-order valence-corrected chi connectivity index (χ0v) is 11.7. The van der Waals surface area contributed by atoms with Gasteiger partial charge in [-0.2, -0.15) is 0 Å². The van der Waals surface area contributed by atoms with Crippen molar-refractivity contribution in [2.45, 2.75) is 13.1 Å². The monoisotopic (exact) mass is 267 g/mol. The summed E-state index contributed by atoms with van der Waals surface area (Å²) in [6, 6.07) is 11.7. The Bertz CT molecular complexity index is 627. The van der Waals surface area contributed by atoms with Crippen LogP contribution in [0.3, 0.4) is 0 Å². The van der Waals surface area contributed by atoms with E-state index in [0.29, 0.717) is 13.1 Å². The van der Waals surface area contributed by atoms with Crippen LogP contribution >= 0.6 is 0 Å². The molecule has 1 aromatic heterocycles. The first kappa shape index (κ1) is 12.7. The maximum atomic E-state index is 12.6. The maximum absolute atomic E-state index is 12.6. The van der Waals surface area contributed by atoms with Crippen LogP contribution in [0.15, 0.2) is 42.6 Å². The van der Waals surface area contributed by atoms with Gasteiger partial charge in [0.15, 0.2) is 0 Å². The molecule has 0 saturated heterocycles. The average Bonchev–Trinajstić information content (AvgIpc) is 2.90. The van der Waals surface area contributed by atoms with Crippen molar-refractivity contribution in [3.63, 3.8) is 0 Å². The molecule has 1 aliphatic heterocycles. The molecule has 0 spiro atoms. The van der Waals surface area contributed by atoms with E-state index >= 15 is 0 Å². The van der Waals surface area contributed by atoms with E-state index < -0.39 is 0 Å². The number of hydrogen-bond donors (Lipinski definition) is 0. The van der Waals surface area contributed by atoms with Crippen LogP contribution in [-0.2, 0) is 13.1 Å². The van der Waals surface area contributed by atoms with Gasteiger partial charge in [0.25, 0.3) is 5.91 Å². The lowest BCUT2D eigenvalue weighted by atomic mass is 10.1. The van der Waals surface area contributed by atoms with Gasteiger partial charge in [0.2, 0.25) is 0 Å². The van der Waals surface area contributed by atoms with Gasteiger partial charge < -0.3 is 9.80 Å². The fraction of sp³-hybridized carbons (Fsp3) is 0.250. The van der Waals surface area contributed by atoms with Crippen LogP contribution < -0.4 is 4.90 Å². The van der Waals surface area contributed by atoms with Crippen molar-refractivity contribution in [2.24, 2.45) is 0 Å². The number of carbonyl (C=O) groups excluding carboxylic acids is 1. The third-order valence-corrected chi connectivity index (χ3v) is 3.58. The predicted molar refractivity (Wildman–Crippen MR) is 78.6 cm³/mol. The summed E-state index contributed by atoms with van der Waals surface area (Å²) in [5, 5.41) is 0. The Kier molecular flexibility index (Phi) is 3.14. The summed E-state index contributed by atoms with van der Waals surface area (Å²) in [5.74, 6) is 0.0618. The first-order valence-corrected chi connectivity index (χ1v) is 6.64. The van der Waals surface area contributed by atoms with E-state index in [0.717, 1.165) is 22.5 Å². The highest BCUT2D eigenvalue weighted by atomic mass is 16.2. The maximum Gasteiger partial charge on any atom is 0.254 e. The number of benzene rings is 1. The molecule has 2 aromatic rings. The standard InChI is InChI=1S/C16H17N3O/c1-18(2)14-7-3-5-12(9-14)16(20)19-10-13-6-4-8-17-15(13)11-19/h3-9H,10-11H2,1-2H3. The van der Waals surface area contributed by atoms with Crippen molar-refractivity contribution in [3.05, 3.63) is 59.4 Å². The van der Waals surface area contributed by atoms with Crippen LogP contribution in [0.5, 0.6) is 0 Å². The molecule has 1 aromatic carbocycles. The Morgan fingerprint density at radius 3 is 2.80 bits per heavy atom. The van der Waals surface area contributed by atoms with Gasteiger partial charge in [0.1, 0.15) is 0 Å². The second-order valence-corrected chi connectivity index (χ2v) is 5.22. The molecule has 4 heteroatoms. The summed E-state index contributed by atoms with van der Waals surface area (Å²) in [7, 11) is 3.94. The molecule has 3 rings (SSSR count). The number of pyridine rings is 1. The van der Waals surface area contributed by atoms with Gasteiger partial charge in [-0.05, 0) is 29.8 Å². The molecule has 1 aliphatic rings. The van der Waals surface area contributed by atoms with Crippen LogP contribution in [0.1, 0.15) is 21.6 Å². The molecular formula is C16H17N3O. The molecule has 0 N–H and O–H groups in total. The zero-order valence-electron chi connectivity index (χ0n) is 11.7. The van der Waals surface area contributed by atoms with Gasteiger partial charge in [-0.15, -0.1) is 0 Å². The van der Waals surface area contributed by atoms with E-state index in [2.05, 4.69) is 4.98 Å². The highest BCUT2D eigenvalue weighted by Gasteiger charge is 2.24. The van der Waals surface area contributed by atoms with Crippen molar-refractivity contribution < 1.29 is 4.79 Å². The van der Waals surface area contributed by atoms with Gasteiger partial charge in [0, 0.05) is 38.1 Å². The van der Waals surface area contributed by atoms with E-state index in [9.17, 15) is 4.79 Å². The van der Waals surface area contributed by atoms with Crippen molar-refractivity contribution in [1.82, 2.24) is 9.88 Å². The third-order valence-electron chi connectivity index (χ3n) is 3.58. The normalized spacial score (nSPS) is 13.2. The predicted octanol–water partition coefficient (Wildman–Crippen LogP) is 2.30.